The van der Waals surface area contributed by atoms with Gasteiger partial charge in [-0.25, -0.2) is 4.98 Å². The number of rotatable bonds is 6. The summed E-state index contributed by atoms with van der Waals surface area (Å²) in [5.74, 6) is 1.11. The van der Waals surface area contributed by atoms with E-state index in [2.05, 4.69) is 41.6 Å². The Morgan fingerprint density at radius 3 is 2.72 bits per heavy atom. The fraction of sp³-hybridized carbons (Fsp3) is 0.615. The average Bonchev–Trinajstić information content (AvgIpc) is 2.94. The van der Waals surface area contributed by atoms with Crippen LogP contribution < -0.4 is 10.6 Å². The molecule has 18 heavy (non-hydrogen) atoms. The first-order chi connectivity index (χ1) is 8.71. The molecular formula is C13H22N4S. The summed E-state index contributed by atoms with van der Waals surface area (Å²) in [5.41, 5.74) is 7.37. The number of fused-ring (bicyclic) bond motifs is 1. The van der Waals surface area contributed by atoms with Crippen LogP contribution in [0.15, 0.2) is 11.6 Å². The molecule has 5 heteroatoms. The minimum Gasteiger partial charge on any atom is -0.356 e. The summed E-state index contributed by atoms with van der Waals surface area (Å²) in [6, 6.07) is 0.208. The lowest BCUT2D eigenvalue weighted by Gasteiger charge is -2.20. The Hall–Kier alpha value is -1.07. The van der Waals surface area contributed by atoms with Crippen molar-refractivity contribution in [2.24, 2.45) is 5.73 Å². The van der Waals surface area contributed by atoms with E-state index in [1.807, 2.05) is 0 Å². The predicted molar refractivity (Wildman–Crippen MR) is 78.6 cm³/mol. The summed E-state index contributed by atoms with van der Waals surface area (Å²) < 4.78 is 2.19. The average molecular weight is 266 g/mol. The van der Waals surface area contributed by atoms with Crippen molar-refractivity contribution in [3.8, 4) is 0 Å². The van der Waals surface area contributed by atoms with E-state index in [0.29, 0.717) is 0 Å². The fourth-order valence-electron chi connectivity index (χ4n) is 2.18. The van der Waals surface area contributed by atoms with E-state index in [-0.39, 0.29) is 6.04 Å². The van der Waals surface area contributed by atoms with Crippen molar-refractivity contribution >= 4 is 22.1 Å². The lowest BCUT2D eigenvalue weighted by Crippen LogP contribution is -2.27. The van der Waals surface area contributed by atoms with Crippen LogP contribution in [-0.4, -0.2) is 28.5 Å². The van der Waals surface area contributed by atoms with Crippen molar-refractivity contribution in [3.05, 3.63) is 17.3 Å². The molecule has 100 valence electrons. The van der Waals surface area contributed by atoms with Crippen LogP contribution in [-0.2, 0) is 6.42 Å². The number of nitrogens with zero attached hydrogens (tertiary/aromatic N) is 3. The van der Waals surface area contributed by atoms with E-state index in [9.17, 15) is 0 Å². The first kappa shape index (κ1) is 13.4. The standard InChI is InChI=1S/C13H22N4S/c1-4-10(14)9-11-12(16(5-2)6-3)15-13-17(11)7-8-18-13/h7-8,10H,4-6,9,14H2,1-3H3. The number of imidazole rings is 1. The second kappa shape index (κ2) is 5.71. The minimum atomic E-state index is 0.208. The van der Waals surface area contributed by atoms with E-state index in [0.717, 1.165) is 36.7 Å². The Kier molecular flexibility index (Phi) is 4.24. The van der Waals surface area contributed by atoms with Crippen LogP contribution in [0.3, 0.4) is 0 Å². The van der Waals surface area contributed by atoms with Gasteiger partial charge in [-0.15, -0.1) is 11.3 Å². The summed E-state index contributed by atoms with van der Waals surface area (Å²) in [7, 11) is 0. The fourth-order valence-corrected chi connectivity index (χ4v) is 2.91. The van der Waals surface area contributed by atoms with Crippen LogP contribution in [0.2, 0.25) is 0 Å². The summed E-state index contributed by atoms with van der Waals surface area (Å²) in [5, 5.41) is 2.08. The Bertz CT molecular complexity index is 498. The molecule has 2 aromatic heterocycles. The maximum atomic E-state index is 6.12. The van der Waals surface area contributed by atoms with Gasteiger partial charge in [0.05, 0.1) is 5.69 Å². The molecule has 0 amide bonds. The third-order valence-electron chi connectivity index (χ3n) is 3.38. The molecule has 0 radical (unpaired) electrons. The zero-order valence-corrected chi connectivity index (χ0v) is 12.2. The normalized spacial score (nSPS) is 13.1. The third-order valence-corrected chi connectivity index (χ3v) is 4.14. The summed E-state index contributed by atoms with van der Waals surface area (Å²) >= 11 is 1.68. The Labute approximate surface area is 112 Å². The zero-order valence-electron chi connectivity index (χ0n) is 11.4. The maximum absolute atomic E-state index is 6.12. The van der Waals surface area contributed by atoms with Gasteiger partial charge in [-0.2, -0.15) is 0 Å². The van der Waals surface area contributed by atoms with Crippen LogP contribution in [0.25, 0.3) is 4.96 Å². The van der Waals surface area contributed by atoms with Gasteiger partial charge in [-0.3, -0.25) is 4.40 Å². The van der Waals surface area contributed by atoms with E-state index in [1.165, 1.54) is 5.69 Å². The molecule has 0 spiro atoms. The minimum absolute atomic E-state index is 0.208. The van der Waals surface area contributed by atoms with Crippen LogP contribution in [0, 0.1) is 0 Å². The highest BCUT2D eigenvalue weighted by atomic mass is 32.1. The molecule has 2 heterocycles. The summed E-state index contributed by atoms with van der Waals surface area (Å²) in [6.45, 7) is 8.43. The highest BCUT2D eigenvalue weighted by Gasteiger charge is 2.18. The lowest BCUT2D eigenvalue weighted by atomic mass is 10.1. The molecule has 2 aromatic rings. The van der Waals surface area contributed by atoms with Crippen LogP contribution in [0.5, 0.6) is 0 Å². The monoisotopic (exact) mass is 266 g/mol. The zero-order chi connectivity index (χ0) is 13.1. The molecule has 0 saturated heterocycles. The molecular weight excluding hydrogens is 244 g/mol. The van der Waals surface area contributed by atoms with Crippen LogP contribution in [0.1, 0.15) is 32.9 Å². The Balaban J connectivity index is 2.43. The first-order valence-corrected chi connectivity index (χ1v) is 7.54. The molecule has 0 aliphatic heterocycles. The number of hydrogen-bond acceptors (Lipinski definition) is 4. The molecule has 2 rings (SSSR count). The van der Waals surface area contributed by atoms with Crippen molar-refractivity contribution in [1.82, 2.24) is 9.38 Å². The molecule has 0 aliphatic carbocycles. The van der Waals surface area contributed by atoms with Gasteiger partial charge in [-0.1, -0.05) is 6.92 Å². The molecule has 0 saturated carbocycles. The number of hydrogen-bond donors (Lipinski definition) is 1. The molecule has 4 nitrogen and oxygen atoms in total. The van der Waals surface area contributed by atoms with Gasteiger partial charge in [0, 0.05) is 37.1 Å². The van der Waals surface area contributed by atoms with E-state index in [4.69, 9.17) is 10.7 Å². The van der Waals surface area contributed by atoms with Gasteiger partial charge >= 0.3 is 0 Å². The molecule has 0 bridgehead atoms. The van der Waals surface area contributed by atoms with Crippen molar-refractivity contribution < 1.29 is 0 Å². The quantitative estimate of drug-likeness (QED) is 0.874. The molecule has 0 aliphatic rings. The Morgan fingerprint density at radius 1 is 1.39 bits per heavy atom. The predicted octanol–water partition coefficient (Wildman–Crippen LogP) is 2.52. The molecule has 1 atom stereocenters. The van der Waals surface area contributed by atoms with E-state index < -0.39 is 0 Å². The Morgan fingerprint density at radius 2 is 2.11 bits per heavy atom. The second-order valence-electron chi connectivity index (χ2n) is 4.48. The first-order valence-electron chi connectivity index (χ1n) is 6.66. The lowest BCUT2D eigenvalue weighted by molar-refractivity contribution is 0.632. The number of thiazole rings is 1. The van der Waals surface area contributed by atoms with Crippen molar-refractivity contribution in [1.29, 1.82) is 0 Å². The smallest absolute Gasteiger partial charge is 0.195 e. The number of aromatic nitrogens is 2. The van der Waals surface area contributed by atoms with E-state index >= 15 is 0 Å². The van der Waals surface area contributed by atoms with Gasteiger partial charge in [-0.05, 0) is 20.3 Å². The highest BCUT2D eigenvalue weighted by molar-refractivity contribution is 7.15. The van der Waals surface area contributed by atoms with Gasteiger partial charge in [0.1, 0.15) is 0 Å². The highest BCUT2D eigenvalue weighted by Crippen LogP contribution is 2.25. The summed E-state index contributed by atoms with van der Waals surface area (Å²) in [4.78, 5) is 8.12. The van der Waals surface area contributed by atoms with Gasteiger partial charge < -0.3 is 10.6 Å². The molecule has 0 fully saturated rings. The molecule has 1 unspecified atom stereocenters. The van der Waals surface area contributed by atoms with Gasteiger partial charge in [0.2, 0.25) is 0 Å². The molecule has 0 aromatic carbocycles. The summed E-state index contributed by atoms with van der Waals surface area (Å²) in [6.07, 6.45) is 3.98. The topological polar surface area (TPSA) is 46.6 Å². The largest absolute Gasteiger partial charge is 0.356 e. The SMILES string of the molecule is CCC(N)Cc1c(N(CC)CC)nc2sccn12. The number of anilines is 1. The van der Waals surface area contributed by atoms with Crippen molar-refractivity contribution in [2.45, 2.75) is 39.7 Å². The van der Waals surface area contributed by atoms with Crippen molar-refractivity contribution in [2.75, 3.05) is 18.0 Å². The van der Waals surface area contributed by atoms with Gasteiger partial charge in [0.15, 0.2) is 10.8 Å². The van der Waals surface area contributed by atoms with Gasteiger partial charge in [0.25, 0.3) is 0 Å². The molecule has 2 N–H and O–H groups in total. The van der Waals surface area contributed by atoms with Crippen molar-refractivity contribution in [3.63, 3.8) is 0 Å². The third kappa shape index (κ3) is 2.37. The van der Waals surface area contributed by atoms with Crippen LogP contribution >= 0.6 is 11.3 Å². The number of nitrogens with two attached hydrogens (primary N) is 1. The second-order valence-corrected chi connectivity index (χ2v) is 5.36. The van der Waals surface area contributed by atoms with Crippen LogP contribution in [0.4, 0.5) is 5.82 Å². The maximum Gasteiger partial charge on any atom is 0.195 e. The van der Waals surface area contributed by atoms with E-state index in [1.54, 1.807) is 11.3 Å².